The molecule has 1 rings (SSSR count). The predicted molar refractivity (Wildman–Crippen MR) is 66.3 cm³/mol. The van der Waals surface area contributed by atoms with Crippen LogP contribution in [0.4, 0.5) is 17.6 Å². The zero-order chi connectivity index (χ0) is 16.1. The largest absolute Gasteiger partial charge is 0.481 e. The fourth-order valence-electron chi connectivity index (χ4n) is 1.90. The summed E-state index contributed by atoms with van der Waals surface area (Å²) >= 11 is 0. The van der Waals surface area contributed by atoms with Crippen molar-refractivity contribution in [2.24, 2.45) is 5.73 Å². The first-order valence-electron chi connectivity index (χ1n) is 6.05. The van der Waals surface area contributed by atoms with E-state index < -0.39 is 36.6 Å². The van der Waals surface area contributed by atoms with Crippen molar-refractivity contribution in [1.82, 2.24) is 0 Å². The number of hydrogen-bond donors (Lipinski definition) is 2. The van der Waals surface area contributed by atoms with Crippen LogP contribution < -0.4 is 5.73 Å². The number of alkyl halides is 3. The lowest BCUT2D eigenvalue weighted by Gasteiger charge is -2.28. The summed E-state index contributed by atoms with van der Waals surface area (Å²) in [5, 5.41) is 9.35. The van der Waals surface area contributed by atoms with E-state index in [1.165, 1.54) is 12.1 Å². The van der Waals surface area contributed by atoms with Crippen LogP contribution in [-0.2, 0) is 14.9 Å². The minimum atomic E-state index is -4.49. The number of benzene rings is 1. The second-order valence-electron chi connectivity index (χ2n) is 4.52. The molecule has 1 atom stereocenters. The Bertz CT molecular complexity index is 493. The normalized spacial score (nSPS) is 14.7. The van der Waals surface area contributed by atoms with Gasteiger partial charge in [0, 0.05) is 13.2 Å². The van der Waals surface area contributed by atoms with Crippen molar-refractivity contribution in [3.8, 4) is 0 Å². The van der Waals surface area contributed by atoms with E-state index in [0.717, 1.165) is 12.1 Å². The SMILES string of the molecule is NCC(CCOCC(F)(F)F)(C(=O)O)c1cccc(F)c1. The van der Waals surface area contributed by atoms with Crippen LogP contribution in [0.1, 0.15) is 12.0 Å². The highest BCUT2D eigenvalue weighted by Gasteiger charge is 2.39. The number of carbonyl (C=O) groups is 1. The molecule has 1 aromatic rings. The number of aliphatic carboxylic acids is 1. The molecule has 0 radical (unpaired) electrons. The number of ether oxygens (including phenoxy) is 1. The van der Waals surface area contributed by atoms with Gasteiger partial charge in [0.05, 0.1) is 0 Å². The second-order valence-corrected chi connectivity index (χ2v) is 4.52. The van der Waals surface area contributed by atoms with Gasteiger partial charge in [0.25, 0.3) is 0 Å². The lowest BCUT2D eigenvalue weighted by atomic mass is 9.78. The molecule has 1 aromatic carbocycles. The zero-order valence-corrected chi connectivity index (χ0v) is 11.0. The summed E-state index contributed by atoms with van der Waals surface area (Å²) in [6.45, 7) is -2.32. The van der Waals surface area contributed by atoms with Crippen LogP contribution in [-0.4, -0.2) is 37.0 Å². The van der Waals surface area contributed by atoms with E-state index in [0.29, 0.717) is 0 Å². The minimum Gasteiger partial charge on any atom is -0.481 e. The van der Waals surface area contributed by atoms with E-state index in [1.807, 2.05) is 0 Å². The molecule has 0 saturated heterocycles. The summed E-state index contributed by atoms with van der Waals surface area (Å²) in [6.07, 6.45) is -4.79. The van der Waals surface area contributed by atoms with Gasteiger partial charge in [-0.1, -0.05) is 12.1 Å². The molecule has 0 heterocycles. The van der Waals surface area contributed by atoms with Gasteiger partial charge in [-0.05, 0) is 24.1 Å². The molecule has 0 aliphatic carbocycles. The van der Waals surface area contributed by atoms with Gasteiger partial charge in [0.2, 0.25) is 0 Å². The standard InChI is InChI=1S/C13H15F4NO3/c14-10-3-1-2-9(6-10)12(7-18,11(19)20)4-5-21-8-13(15,16)17/h1-3,6H,4-5,7-8,18H2,(H,19,20). The van der Waals surface area contributed by atoms with E-state index in [-0.39, 0.29) is 18.5 Å². The first-order chi connectivity index (χ1) is 9.71. The summed E-state index contributed by atoms with van der Waals surface area (Å²) < 4.78 is 53.6. The summed E-state index contributed by atoms with van der Waals surface area (Å²) in [6, 6.07) is 4.82. The lowest BCUT2D eigenvalue weighted by Crippen LogP contribution is -2.44. The van der Waals surface area contributed by atoms with Crippen LogP contribution >= 0.6 is 0 Å². The van der Waals surface area contributed by atoms with Gasteiger partial charge in [-0.15, -0.1) is 0 Å². The number of rotatable bonds is 7. The molecule has 0 fully saturated rings. The lowest BCUT2D eigenvalue weighted by molar-refractivity contribution is -0.175. The van der Waals surface area contributed by atoms with Gasteiger partial charge < -0.3 is 15.6 Å². The van der Waals surface area contributed by atoms with Gasteiger partial charge in [-0.2, -0.15) is 13.2 Å². The monoisotopic (exact) mass is 309 g/mol. The van der Waals surface area contributed by atoms with Gasteiger partial charge in [0.15, 0.2) is 0 Å². The van der Waals surface area contributed by atoms with Crippen LogP contribution in [0.3, 0.4) is 0 Å². The second kappa shape index (κ2) is 6.86. The molecule has 0 aliphatic heterocycles. The number of nitrogens with two attached hydrogens (primary N) is 1. The average molecular weight is 309 g/mol. The Morgan fingerprint density at radius 1 is 1.33 bits per heavy atom. The molecule has 3 N–H and O–H groups in total. The Morgan fingerprint density at radius 3 is 2.48 bits per heavy atom. The molecular formula is C13H15F4NO3. The van der Waals surface area contributed by atoms with Crippen molar-refractivity contribution in [2.75, 3.05) is 19.8 Å². The minimum absolute atomic E-state index is 0.0908. The Labute approximate surface area is 118 Å². The molecule has 4 nitrogen and oxygen atoms in total. The molecule has 0 amide bonds. The van der Waals surface area contributed by atoms with Crippen molar-refractivity contribution in [3.05, 3.63) is 35.6 Å². The third kappa shape index (κ3) is 4.68. The van der Waals surface area contributed by atoms with Gasteiger partial charge in [-0.25, -0.2) is 4.39 Å². The summed E-state index contributed by atoms with van der Waals surface area (Å²) in [4.78, 5) is 11.5. The highest BCUT2D eigenvalue weighted by molar-refractivity contribution is 5.81. The molecule has 0 bridgehead atoms. The number of halogens is 4. The number of carboxylic acid groups (broad SMARTS) is 1. The van der Waals surface area contributed by atoms with E-state index >= 15 is 0 Å². The molecular weight excluding hydrogens is 294 g/mol. The summed E-state index contributed by atoms with van der Waals surface area (Å²) in [5.41, 5.74) is 3.88. The first-order valence-corrected chi connectivity index (χ1v) is 6.05. The zero-order valence-electron chi connectivity index (χ0n) is 11.0. The van der Waals surface area contributed by atoms with Crippen LogP contribution in [0.5, 0.6) is 0 Å². The Hall–Kier alpha value is -1.67. The highest BCUT2D eigenvalue weighted by atomic mass is 19.4. The Morgan fingerprint density at radius 2 is 2.00 bits per heavy atom. The van der Waals surface area contributed by atoms with Gasteiger partial charge in [0.1, 0.15) is 17.8 Å². The van der Waals surface area contributed by atoms with Crippen LogP contribution in [0.2, 0.25) is 0 Å². The van der Waals surface area contributed by atoms with Crippen molar-refractivity contribution in [2.45, 2.75) is 18.0 Å². The fourth-order valence-corrected chi connectivity index (χ4v) is 1.90. The third-order valence-corrected chi connectivity index (χ3v) is 3.07. The molecule has 118 valence electrons. The van der Waals surface area contributed by atoms with Crippen LogP contribution in [0.25, 0.3) is 0 Å². The van der Waals surface area contributed by atoms with Gasteiger partial charge in [-0.3, -0.25) is 4.79 Å². The Balaban J connectivity index is 2.87. The first kappa shape index (κ1) is 17.4. The molecule has 21 heavy (non-hydrogen) atoms. The smallest absolute Gasteiger partial charge is 0.411 e. The maximum absolute atomic E-state index is 13.2. The van der Waals surface area contributed by atoms with E-state index in [9.17, 15) is 27.5 Å². The quantitative estimate of drug-likeness (QED) is 0.597. The number of carboxylic acids is 1. The molecule has 1 unspecified atom stereocenters. The molecule has 0 aromatic heterocycles. The predicted octanol–water partition coefficient (Wildman–Crippen LogP) is 2.08. The number of hydrogen-bond acceptors (Lipinski definition) is 3. The summed E-state index contributed by atoms with van der Waals surface area (Å²) in [5.74, 6) is -1.99. The van der Waals surface area contributed by atoms with Crippen LogP contribution in [0.15, 0.2) is 24.3 Å². The van der Waals surface area contributed by atoms with Crippen molar-refractivity contribution >= 4 is 5.97 Å². The molecule has 0 aliphatic rings. The molecule has 0 spiro atoms. The van der Waals surface area contributed by atoms with Crippen molar-refractivity contribution in [3.63, 3.8) is 0 Å². The highest BCUT2D eigenvalue weighted by Crippen LogP contribution is 2.28. The van der Waals surface area contributed by atoms with Crippen molar-refractivity contribution < 1.29 is 32.2 Å². The van der Waals surface area contributed by atoms with E-state index in [4.69, 9.17) is 5.73 Å². The van der Waals surface area contributed by atoms with Crippen LogP contribution in [0, 0.1) is 5.82 Å². The van der Waals surface area contributed by atoms with Gasteiger partial charge >= 0.3 is 12.1 Å². The fraction of sp³-hybridized carbons (Fsp3) is 0.462. The molecule has 8 heteroatoms. The molecule has 0 saturated carbocycles. The van der Waals surface area contributed by atoms with Crippen molar-refractivity contribution in [1.29, 1.82) is 0 Å². The maximum atomic E-state index is 13.2. The summed E-state index contributed by atoms with van der Waals surface area (Å²) in [7, 11) is 0. The van der Waals surface area contributed by atoms with E-state index in [1.54, 1.807) is 0 Å². The Kier molecular flexibility index (Phi) is 5.68. The van der Waals surface area contributed by atoms with E-state index in [2.05, 4.69) is 4.74 Å². The average Bonchev–Trinajstić information content (AvgIpc) is 2.37. The third-order valence-electron chi connectivity index (χ3n) is 3.07. The maximum Gasteiger partial charge on any atom is 0.411 e. The topological polar surface area (TPSA) is 72.5 Å².